The van der Waals surface area contributed by atoms with Gasteiger partial charge in [0, 0.05) is 19.6 Å². The summed E-state index contributed by atoms with van der Waals surface area (Å²) >= 11 is 0. The van der Waals surface area contributed by atoms with Gasteiger partial charge in [-0.2, -0.15) is 0 Å². The molecule has 0 aromatic carbocycles. The van der Waals surface area contributed by atoms with Gasteiger partial charge in [-0.3, -0.25) is 0 Å². The summed E-state index contributed by atoms with van der Waals surface area (Å²) in [6, 6.07) is 0. The highest BCUT2D eigenvalue weighted by molar-refractivity contribution is 5.63. The fourth-order valence-electron chi connectivity index (χ4n) is 2.21. The monoisotopic (exact) mass is 184 g/mol. The number of hydrogen-bond donors (Lipinski definition) is 0. The van der Waals surface area contributed by atoms with Crippen LogP contribution in [0.5, 0.6) is 0 Å². The van der Waals surface area contributed by atoms with Crippen molar-refractivity contribution in [3.8, 4) is 0 Å². The Labute approximate surface area is 78.4 Å². The molecule has 0 aliphatic carbocycles. The van der Waals surface area contributed by atoms with Crippen LogP contribution in [0.2, 0.25) is 0 Å². The molecule has 0 bridgehead atoms. The van der Waals surface area contributed by atoms with Crippen LogP contribution in [0.25, 0.3) is 0 Å². The molecule has 2 saturated heterocycles. The Bertz CT molecular complexity index is 179. The van der Waals surface area contributed by atoms with E-state index in [1.807, 2.05) is 0 Å². The molecule has 2 unspecified atom stereocenters. The molecule has 2 fully saturated rings. The molecule has 0 aromatic heterocycles. The molecule has 0 amide bonds. The summed E-state index contributed by atoms with van der Waals surface area (Å²) < 4.78 is 11.0. The van der Waals surface area contributed by atoms with Crippen LogP contribution in [0, 0.1) is 0 Å². The molecule has 0 radical (unpaired) electrons. The van der Waals surface area contributed by atoms with Gasteiger partial charge in [-0.1, -0.05) is 0 Å². The highest BCUT2D eigenvalue weighted by Crippen LogP contribution is 2.31. The van der Waals surface area contributed by atoms with E-state index in [0.717, 1.165) is 51.6 Å². The molecule has 3 heteroatoms. The van der Waals surface area contributed by atoms with Crippen molar-refractivity contribution < 1.29 is 14.3 Å². The Morgan fingerprint density at radius 1 is 1.38 bits per heavy atom. The van der Waals surface area contributed by atoms with E-state index >= 15 is 0 Å². The number of hydrogen-bond acceptors (Lipinski definition) is 3. The Morgan fingerprint density at radius 2 is 2.31 bits per heavy atom. The molecule has 0 saturated carbocycles. The second-order valence-corrected chi connectivity index (χ2v) is 3.97. The van der Waals surface area contributed by atoms with E-state index in [0.29, 0.717) is 0 Å². The van der Waals surface area contributed by atoms with E-state index in [4.69, 9.17) is 9.47 Å². The molecule has 2 rings (SSSR count). The fourth-order valence-corrected chi connectivity index (χ4v) is 2.21. The molecule has 0 aromatic rings. The molecule has 74 valence electrons. The van der Waals surface area contributed by atoms with Gasteiger partial charge in [0.1, 0.15) is 5.60 Å². The molecule has 0 N–H and O–H groups in total. The summed E-state index contributed by atoms with van der Waals surface area (Å²) in [6.07, 6.45) is 6.07. The minimum absolute atomic E-state index is 0.253. The zero-order chi connectivity index (χ0) is 9.15. The number of rotatable bonds is 3. The van der Waals surface area contributed by atoms with Crippen molar-refractivity contribution in [2.45, 2.75) is 43.8 Å². The molecule has 0 spiro atoms. The lowest BCUT2D eigenvalue weighted by molar-refractivity contribution is -0.129. The Kier molecular flexibility index (Phi) is 2.65. The van der Waals surface area contributed by atoms with E-state index in [2.05, 4.69) is 0 Å². The summed E-state index contributed by atoms with van der Waals surface area (Å²) in [4.78, 5) is 10.9. The van der Waals surface area contributed by atoms with Gasteiger partial charge >= 0.3 is 0 Å². The number of aldehydes is 1. The maximum absolute atomic E-state index is 10.9. The normalized spacial score (nSPS) is 39.5. The summed E-state index contributed by atoms with van der Waals surface area (Å²) in [5, 5.41) is 0. The first-order valence-corrected chi connectivity index (χ1v) is 5.07. The third kappa shape index (κ3) is 1.92. The maximum Gasteiger partial charge on any atom is 0.151 e. The molecule has 2 aliphatic heterocycles. The molecule has 2 heterocycles. The highest BCUT2D eigenvalue weighted by Gasteiger charge is 2.38. The van der Waals surface area contributed by atoms with Gasteiger partial charge in [0.25, 0.3) is 0 Å². The van der Waals surface area contributed by atoms with E-state index in [-0.39, 0.29) is 6.10 Å². The fraction of sp³-hybridized carbons (Fsp3) is 0.900. The predicted octanol–water partition coefficient (Wildman–Crippen LogP) is 1.30. The lowest BCUT2D eigenvalue weighted by Crippen LogP contribution is -2.34. The Morgan fingerprint density at radius 3 is 2.85 bits per heavy atom. The van der Waals surface area contributed by atoms with Crippen LogP contribution in [0.3, 0.4) is 0 Å². The van der Waals surface area contributed by atoms with Crippen molar-refractivity contribution in [1.82, 2.24) is 0 Å². The third-order valence-corrected chi connectivity index (χ3v) is 2.95. The van der Waals surface area contributed by atoms with Crippen molar-refractivity contribution in [3.63, 3.8) is 0 Å². The maximum atomic E-state index is 10.9. The molecular formula is C10H16O3. The average Bonchev–Trinajstić information content (AvgIpc) is 2.77. The van der Waals surface area contributed by atoms with Crippen LogP contribution < -0.4 is 0 Å². The summed E-state index contributed by atoms with van der Waals surface area (Å²) in [6.45, 7) is 1.57. The SMILES string of the molecule is O=CC1(CC2CCCO2)CCCO1. The Balaban J connectivity index is 1.92. The zero-order valence-corrected chi connectivity index (χ0v) is 7.83. The topological polar surface area (TPSA) is 35.5 Å². The minimum Gasteiger partial charge on any atom is -0.378 e. The highest BCUT2D eigenvalue weighted by atomic mass is 16.5. The molecular weight excluding hydrogens is 168 g/mol. The number of carbonyl (C=O) groups excluding carboxylic acids is 1. The summed E-state index contributed by atoms with van der Waals surface area (Å²) in [7, 11) is 0. The van der Waals surface area contributed by atoms with Gasteiger partial charge in [0.05, 0.1) is 6.10 Å². The second kappa shape index (κ2) is 3.76. The molecule has 2 atom stereocenters. The van der Waals surface area contributed by atoms with Crippen LogP contribution in [0.1, 0.15) is 32.1 Å². The van der Waals surface area contributed by atoms with E-state index in [1.165, 1.54) is 0 Å². The Hall–Kier alpha value is -0.410. The lowest BCUT2D eigenvalue weighted by Gasteiger charge is -2.24. The number of ether oxygens (including phenoxy) is 2. The van der Waals surface area contributed by atoms with Gasteiger partial charge in [0.2, 0.25) is 0 Å². The van der Waals surface area contributed by atoms with Crippen LogP contribution >= 0.6 is 0 Å². The first-order chi connectivity index (χ1) is 6.35. The van der Waals surface area contributed by atoms with Crippen molar-refractivity contribution in [2.24, 2.45) is 0 Å². The van der Waals surface area contributed by atoms with E-state index in [1.54, 1.807) is 0 Å². The van der Waals surface area contributed by atoms with Crippen LogP contribution in [-0.2, 0) is 14.3 Å². The second-order valence-electron chi connectivity index (χ2n) is 3.97. The summed E-state index contributed by atoms with van der Waals surface area (Å²) in [5.41, 5.74) is -0.505. The first kappa shape index (κ1) is 9.16. The molecule has 2 aliphatic rings. The predicted molar refractivity (Wildman–Crippen MR) is 47.6 cm³/mol. The third-order valence-electron chi connectivity index (χ3n) is 2.95. The minimum atomic E-state index is -0.505. The van der Waals surface area contributed by atoms with Crippen molar-refractivity contribution in [1.29, 1.82) is 0 Å². The molecule has 3 nitrogen and oxygen atoms in total. The van der Waals surface area contributed by atoms with Gasteiger partial charge in [0.15, 0.2) is 6.29 Å². The molecule has 13 heavy (non-hydrogen) atoms. The van der Waals surface area contributed by atoms with Gasteiger partial charge in [-0.25, -0.2) is 0 Å². The lowest BCUT2D eigenvalue weighted by atomic mass is 9.93. The largest absolute Gasteiger partial charge is 0.378 e. The number of carbonyl (C=O) groups is 1. The van der Waals surface area contributed by atoms with Crippen molar-refractivity contribution in [2.75, 3.05) is 13.2 Å². The first-order valence-electron chi connectivity index (χ1n) is 5.07. The average molecular weight is 184 g/mol. The van der Waals surface area contributed by atoms with Crippen LogP contribution in [-0.4, -0.2) is 31.2 Å². The zero-order valence-electron chi connectivity index (χ0n) is 7.83. The van der Waals surface area contributed by atoms with Crippen molar-refractivity contribution in [3.05, 3.63) is 0 Å². The smallest absolute Gasteiger partial charge is 0.151 e. The standard InChI is InChI=1S/C10H16O3/c11-8-10(4-2-6-13-10)7-9-3-1-5-12-9/h8-9H,1-7H2. The van der Waals surface area contributed by atoms with E-state index < -0.39 is 5.60 Å². The van der Waals surface area contributed by atoms with Gasteiger partial charge < -0.3 is 14.3 Å². The van der Waals surface area contributed by atoms with Gasteiger partial charge in [-0.15, -0.1) is 0 Å². The van der Waals surface area contributed by atoms with Crippen LogP contribution in [0.15, 0.2) is 0 Å². The van der Waals surface area contributed by atoms with Crippen molar-refractivity contribution >= 4 is 6.29 Å². The van der Waals surface area contributed by atoms with E-state index in [9.17, 15) is 4.79 Å². The summed E-state index contributed by atoms with van der Waals surface area (Å²) in [5.74, 6) is 0. The quantitative estimate of drug-likeness (QED) is 0.620. The van der Waals surface area contributed by atoms with Crippen LogP contribution in [0.4, 0.5) is 0 Å². The van der Waals surface area contributed by atoms with Gasteiger partial charge in [-0.05, 0) is 25.7 Å².